The van der Waals surface area contributed by atoms with Gasteiger partial charge in [-0.15, -0.1) is 6.42 Å². The van der Waals surface area contributed by atoms with Crippen LogP contribution in [0.4, 0.5) is 5.69 Å². The second kappa shape index (κ2) is 7.76. The van der Waals surface area contributed by atoms with Crippen LogP contribution in [0.3, 0.4) is 0 Å². The molecule has 134 valence electrons. The summed E-state index contributed by atoms with van der Waals surface area (Å²) < 4.78 is 0. The molecule has 2 aromatic carbocycles. The maximum Gasteiger partial charge on any atom is 0.258 e. The molecule has 4 heteroatoms. The van der Waals surface area contributed by atoms with E-state index in [1.54, 1.807) is 24.3 Å². The number of anilines is 1. The smallest absolute Gasteiger partial charge is 0.258 e. The van der Waals surface area contributed by atoms with Crippen molar-refractivity contribution in [3.63, 3.8) is 0 Å². The minimum absolute atomic E-state index is 0.262. The first-order valence-corrected chi connectivity index (χ1v) is 8.64. The number of amides is 2. The molecule has 27 heavy (non-hydrogen) atoms. The number of allylic oxidation sites excluding steroid dienone is 1. The molecule has 1 aliphatic heterocycles. The molecule has 0 saturated carbocycles. The van der Waals surface area contributed by atoms with Gasteiger partial charge in [0.2, 0.25) is 0 Å². The molecule has 0 bridgehead atoms. The molecule has 4 nitrogen and oxygen atoms in total. The van der Waals surface area contributed by atoms with Gasteiger partial charge in [-0.05, 0) is 59.9 Å². The fourth-order valence-electron chi connectivity index (χ4n) is 3.24. The van der Waals surface area contributed by atoms with E-state index in [-0.39, 0.29) is 11.8 Å². The van der Waals surface area contributed by atoms with Gasteiger partial charge >= 0.3 is 0 Å². The third-order valence-corrected chi connectivity index (χ3v) is 4.64. The summed E-state index contributed by atoms with van der Waals surface area (Å²) in [7, 11) is 0. The Morgan fingerprint density at radius 3 is 2.59 bits per heavy atom. The summed E-state index contributed by atoms with van der Waals surface area (Å²) in [5.74, 6) is 1.14. The van der Waals surface area contributed by atoms with Crippen LogP contribution in [0.25, 0.3) is 12.2 Å². The molecule has 1 atom stereocenters. The number of hydrazine groups is 1. The third-order valence-electron chi connectivity index (χ3n) is 4.64. The van der Waals surface area contributed by atoms with Crippen molar-refractivity contribution in [2.24, 2.45) is 5.92 Å². The van der Waals surface area contributed by atoms with E-state index in [0.29, 0.717) is 12.1 Å². The van der Waals surface area contributed by atoms with Gasteiger partial charge in [0, 0.05) is 0 Å². The van der Waals surface area contributed by atoms with Crippen LogP contribution in [-0.2, 0) is 16.0 Å². The van der Waals surface area contributed by atoms with E-state index in [1.807, 2.05) is 43.3 Å². The van der Waals surface area contributed by atoms with Crippen LogP contribution in [-0.4, -0.2) is 11.8 Å². The van der Waals surface area contributed by atoms with Crippen LogP contribution in [0.5, 0.6) is 0 Å². The van der Waals surface area contributed by atoms with Crippen molar-refractivity contribution in [2.45, 2.75) is 13.3 Å². The molecule has 0 spiro atoms. The molecule has 0 aliphatic carbocycles. The molecule has 1 heterocycles. The minimum Gasteiger partial charge on any atom is -0.272 e. The first-order chi connectivity index (χ1) is 13.1. The summed E-state index contributed by atoms with van der Waals surface area (Å²) in [6.45, 7) is 5.88. The van der Waals surface area contributed by atoms with Gasteiger partial charge < -0.3 is 0 Å². The molecule has 2 amide bonds. The number of rotatable bonds is 5. The van der Waals surface area contributed by atoms with Crippen molar-refractivity contribution in [2.75, 3.05) is 5.01 Å². The Balaban J connectivity index is 1.92. The lowest BCUT2D eigenvalue weighted by Crippen LogP contribution is -2.35. The molecular weight excluding hydrogens is 336 g/mol. The first kappa shape index (κ1) is 18.2. The number of hydrogen-bond acceptors (Lipinski definition) is 2. The maximum atomic E-state index is 12.8. The first-order valence-electron chi connectivity index (χ1n) is 8.64. The van der Waals surface area contributed by atoms with Gasteiger partial charge in [0.1, 0.15) is 5.92 Å². The van der Waals surface area contributed by atoms with Gasteiger partial charge in [0.25, 0.3) is 11.8 Å². The molecular formula is C23H20N2O2. The highest BCUT2D eigenvalue weighted by molar-refractivity contribution is 6.14. The number of benzene rings is 2. The van der Waals surface area contributed by atoms with Crippen molar-refractivity contribution in [3.05, 3.63) is 77.4 Å². The predicted molar refractivity (Wildman–Crippen MR) is 108 cm³/mol. The quantitative estimate of drug-likeness (QED) is 0.658. The van der Waals surface area contributed by atoms with E-state index in [4.69, 9.17) is 6.42 Å². The largest absolute Gasteiger partial charge is 0.272 e. The number of aryl methyl sites for hydroxylation is 1. The van der Waals surface area contributed by atoms with Crippen LogP contribution < -0.4 is 10.4 Å². The van der Waals surface area contributed by atoms with Crippen LogP contribution in [0.15, 0.2) is 55.1 Å². The molecule has 1 fully saturated rings. The van der Waals surface area contributed by atoms with E-state index in [1.165, 1.54) is 5.01 Å². The second-order valence-electron chi connectivity index (χ2n) is 6.32. The molecule has 1 saturated heterocycles. The number of carbonyl (C=O) groups is 2. The Morgan fingerprint density at radius 2 is 1.93 bits per heavy atom. The number of carbonyl (C=O) groups excluding carboxylic acids is 2. The highest BCUT2D eigenvalue weighted by atomic mass is 16.2. The molecule has 0 radical (unpaired) electrons. The summed E-state index contributed by atoms with van der Waals surface area (Å²) in [6.07, 6.45) is 10.8. The Morgan fingerprint density at radius 1 is 1.19 bits per heavy atom. The standard InChI is InChI=1S/C23H20N2O2/c1-4-6-12-20-16(3)13-14-17(19(20)5-2)15-21-22(26)24-25(23(21)27)18-10-8-7-9-11-18/h1,5-14,21H,2,15H2,3H3,(H,24,26)/b12-6-. The van der Waals surface area contributed by atoms with Gasteiger partial charge in [-0.25, -0.2) is 5.01 Å². The Labute approximate surface area is 159 Å². The molecule has 1 aliphatic rings. The fourth-order valence-corrected chi connectivity index (χ4v) is 3.24. The SMILES string of the molecule is C#C/C=C\c1c(C)ccc(CC2C(=O)NN(c3ccccc3)C2=O)c1C=C. The zero-order valence-electron chi connectivity index (χ0n) is 15.1. The summed E-state index contributed by atoms with van der Waals surface area (Å²) in [4.78, 5) is 25.3. The highest BCUT2D eigenvalue weighted by Gasteiger charge is 2.40. The maximum absolute atomic E-state index is 12.8. The van der Waals surface area contributed by atoms with E-state index in [9.17, 15) is 9.59 Å². The molecule has 2 aromatic rings. The topological polar surface area (TPSA) is 49.4 Å². The third kappa shape index (κ3) is 3.54. The van der Waals surface area contributed by atoms with Gasteiger partial charge in [-0.2, -0.15) is 0 Å². The lowest BCUT2D eigenvalue weighted by Gasteiger charge is -2.16. The van der Waals surface area contributed by atoms with Gasteiger partial charge in [-0.1, -0.05) is 48.9 Å². The zero-order chi connectivity index (χ0) is 19.4. The van der Waals surface area contributed by atoms with Crippen LogP contribution >= 0.6 is 0 Å². The number of nitrogens with zero attached hydrogens (tertiary/aromatic N) is 1. The minimum atomic E-state index is -0.781. The number of nitrogens with one attached hydrogen (secondary N) is 1. The van der Waals surface area contributed by atoms with E-state index < -0.39 is 5.92 Å². The number of hydrogen-bond donors (Lipinski definition) is 1. The lowest BCUT2D eigenvalue weighted by molar-refractivity contribution is -0.127. The van der Waals surface area contributed by atoms with Gasteiger partial charge in [-0.3, -0.25) is 15.0 Å². The normalized spacial score (nSPS) is 16.4. The predicted octanol–water partition coefficient (Wildman–Crippen LogP) is 3.52. The Bertz CT molecular complexity index is 968. The second-order valence-corrected chi connectivity index (χ2v) is 6.32. The van der Waals surface area contributed by atoms with E-state index >= 15 is 0 Å². The zero-order valence-corrected chi connectivity index (χ0v) is 15.1. The van der Waals surface area contributed by atoms with Crippen LogP contribution in [0.1, 0.15) is 22.3 Å². The van der Waals surface area contributed by atoms with Gasteiger partial charge in [0.15, 0.2) is 0 Å². The molecule has 1 N–H and O–H groups in total. The van der Waals surface area contributed by atoms with E-state index in [2.05, 4.69) is 17.9 Å². The lowest BCUT2D eigenvalue weighted by atomic mass is 9.90. The van der Waals surface area contributed by atoms with Crippen molar-refractivity contribution in [1.82, 2.24) is 5.43 Å². The highest BCUT2D eigenvalue weighted by Crippen LogP contribution is 2.27. The average molecular weight is 356 g/mol. The monoisotopic (exact) mass is 356 g/mol. The van der Waals surface area contributed by atoms with Crippen LogP contribution in [0, 0.1) is 25.2 Å². The number of para-hydroxylation sites is 1. The van der Waals surface area contributed by atoms with Crippen molar-refractivity contribution in [1.29, 1.82) is 0 Å². The van der Waals surface area contributed by atoms with Crippen LogP contribution in [0.2, 0.25) is 0 Å². The molecule has 3 rings (SSSR count). The fraction of sp³-hybridized carbons (Fsp3) is 0.130. The average Bonchev–Trinajstić information content (AvgIpc) is 2.96. The summed E-state index contributed by atoms with van der Waals surface area (Å²) in [5.41, 5.74) is 7.08. The summed E-state index contributed by atoms with van der Waals surface area (Å²) in [6, 6.07) is 13.0. The van der Waals surface area contributed by atoms with Crippen molar-refractivity contribution >= 4 is 29.7 Å². The number of terminal acetylenes is 1. The van der Waals surface area contributed by atoms with E-state index in [0.717, 1.165) is 22.3 Å². The Kier molecular flexibility index (Phi) is 5.23. The molecule has 0 aromatic heterocycles. The van der Waals surface area contributed by atoms with Crippen molar-refractivity contribution in [3.8, 4) is 12.3 Å². The van der Waals surface area contributed by atoms with Crippen molar-refractivity contribution < 1.29 is 9.59 Å². The summed E-state index contributed by atoms with van der Waals surface area (Å²) in [5, 5.41) is 1.31. The Hall–Kier alpha value is -3.58. The molecule has 1 unspecified atom stereocenters. The summed E-state index contributed by atoms with van der Waals surface area (Å²) >= 11 is 0. The van der Waals surface area contributed by atoms with Gasteiger partial charge in [0.05, 0.1) is 5.69 Å².